The molecule has 4 bridgehead atoms. The Bertz CT molecular complexity index is 1650. The van der Waals surface area contributed by atoms with E-state index in [1.54, 1.807) is 12.1 Å². The predicted molar refractivity (Wildman–Crippen MR) is 156 cm³/mol. The van der Waals surface area contributed by atoms with Gasteiger partial charge in [0.15, 0.2) is 5.03 Å². The van der Waals surface area contributed by atoms with Crippen molar-refractivity contribution in [2.75, 3.05) is 16.8 Å². The number of amides is 1. The van der Waals surface area contributed by atoms with Crippen molar-refractivity contribution in [2.24, 2.45) is 5.92 Å². The monoisotopic (exact) mass is 616 g/mol. The summed E-state index contributed by atoms with van der Waals surface area (Å²) < 4.78 is 69.4. The van der Waals surface area contributed by atoms with Crippen molar-refractivity contribution in [1.29, 1.82) is 0 Å². The third-order valence-electron chi connectivity index (χ3n) is 7.93. The van der Waals surface area contributed by atoms with Crippen molar-refractivity contribution in [2.45, 2.75) is 82.1 Å². The summed E-state index contributed by atoms with van der Waals surface area (Å²) in [6, 6.07) is 10.6. The number of anilines is 2. The molecular weight excluding hydrogens is 581 g/mol. The number of carbonyl (C=O) groups is 1. The Morgan fingerprint density at radius 3 is 2.35 bits per heavy atom. The van der Waals surface area contributed by atoms with Gasteiger partial charge in [-0.3, -0.25) is 4.79 Å². The Morgan fingerprint density at radius 1 is 0.930 bits per heavy atom. The zero-order valence-corrected chi connectivity index (χ0v) is 25.5. The lowest BCUT2D eigenvalue weighted by molar-refractivity contribution is -0.141. The van der Waals surface area contributed by atoms with E-state index in [4.69, 9.17) is 4.98 Å². The first-order valence-electron chi connectivity index (χ1n) is 14.1. The molecule has 1 fully saturated rings. The molecule has 2 aliphatic rings. The molecule has 0 spiro atoms. The van der Waals surface area contributed by atoms with Gasteiger partial charge in [0.05, 0.1) is 17.3 Å². The van der Waals surface area contributed by atoms with Crippen LogP contribution in [0.1, 0.15) is 87.4 Å². The second kappa shape index (κ2) is 10.8. The molecule has 230 valence electrons. The van der Waals surface area contributed by atoms with Crippen molar-refractivity contribution in [1.82, 2.24) is 19.7 Å². The summed E-state index contributed by atoms with van der Waals surface area (Å²) in [7, 11) is -4.42. The summed E-state index contributed by atoms with van der Waals surface area (Å²) in [6.07, 6.45) is -2.87. The van der Waals surface area contributed by atoms with Gasteiger partial charge in [0, 0.05) is 23.2 Å². The largest absolute Gasteiger partial charge is 0.433 e. The second-order valence-electron chi connectivity index (χ2n) is 12.8. The van der Waals surface area contributed by atoms with Gasteiger partial charge in [0.2, 0.25) is 0 Å². The van der Waals surface area contributed by atoms with E-state index in [0.717, 1.165) is 18.2 Å². The highest BCUT2D eigenvalue weighted by atomic mass is 32.2. The Hall–Kier alpha value is -3.74. The van der Waals surface area contributed by atoms with Crippen molar-refractivity contribution < 1.29 is 26.4 Å². The van der Waals surface area contributed by atoms with E-state index in [1.165, 1.54) is 30.3 Å². The van der Waals surface area contributed by atoms with E-state index in [1.807, 2.05) is 39.5 Å². The fourth-order valence-electron chi connectivity index (χ4n) is 5.75. The number of nitrogens with one attached hydrogen (secondary N) is 2. The summed E-state index contributed by atoms with van der Waals surface area (Å²) in [5.74, 6) is -0.212. The van der Waals surface area contributed by atoms with Crippen LogP contribution >= 0.6 is 0 Å². The zero-order valence-electron chi connectivity index (χ0n) is 24.7. The van der Waals surface area contributed by atoms with E-state index >= 15 is 0 Å². The minimum absolute atomic E-state index is 0.106. The highest BCUT2D eigenvalue weighted by Gasteiger charge is 2.42. The van der Waals surface area contributed by atoms with Gasteiger partial charge in [-0.25, -0.2) is 19.7 Å². The molecule has 1 amide bonds. The van der Waals surface area contributed by atoms with Gasteiger partial charge >= 0.3 is 6.18 Å². The molecule has 2 N–H and O–H groups in total. The molecule has 5 rings (SSSR count). The van der Waals surface area contributed by atoms with Gasteiger partial charge < -0.3 is 10.2 Å². The highest BCUT2D eigenvalue weighted by Crippen LogP contribution is 2.41. The lowest BCUT2D eigenvalue weighted by atomic mass is 9.90. The van der Waals surface area contributed by atoms with E-state index in [0.29, 0.717) is 25.2 Å². The van der Waals surface area contributed by atoms with E-state index < -0.39 is 44.4 Å². The molecule has 0 aliphatic carbocycles. The number of sulfonamides is 1. The van der Waals surface area contributed by atoms with Crippen LogP contribution in [0, 0.1) is 5.92 Å². The lowest BCUT2D eigenvalue weighted by Crippen LogP contribution is -2.41. The minimum Gasteiger partial charge on any atom is -0.362 e. The number of fused-ring (bicyclic) bond motifs is 6. The van der Waals surface area contributed by atoms with Crippen molar-refractivity contribution in [3.05, 3.63) is 71.2 Å². The normalized spacial score (nSPS) is 22.0. The molecule has 3 aromatic heterocycles. The molecule has 3 aromatic rings. The molecule has 0 saturated carbocycles. The quantitative estimate of drug-likeness (QED) is 0.349. The van der Waals surface area contributed by atoms with Crippen LogP contribution in [0.4, 0.5) is 24.8 Å². The molecule has 2 aliphatic heterocycles. The van der Waals surface area contributed by atoms with Gasteiger partial charge in [0.1, 0.15) is 17.3 Å². The first kappa shape index (κ1) is 30.7. The van der Waals surface area contributed by atoms with Crippen LogP contribution in [0.5, 0.6) is 0 Å². The average Bonchev–Trinajstić information content (AvgIpc) is 3.23. The van der Waals surface area contributed by atoms with Crippen molar-refractivity contribution in [3.63, 3.8) is 0 Å². The van der Waals surface area contributed by atoms with Gasteiger partial charge in [-0.15, -0.1) is 0 Å². The highest BCUT2D eigenvalue weighted by molar-refractivity contribution is 7.90. The number of aromatic nitrogens is 3. The first-order chi connectivity index (χ1) is 19.9. The van der Waals surface area contributed by atoms with Crippen LogP contribution in [-0.4, -0.2) is 41.4 Å². The fourth-order valence-corrected chi connectivity index (χ4v) is 6.69. The van der Waals surface area contributed by atoms with Crippen LogP contribution in [0.15, 0.2) is 53.6 Å². The Kier molecular flexibility index (Phi) is 7.68. The van der Waals surface area contributed by atoms with Crippen LogP contribution in [0.2, 0.25) is 0 Å². The van der Waals surface area contributed by atoms with Crippen LogP contribution < -0.4 is 14.9 Å². The Labute approximate surface area is 249 Å². The van der Waals surface area contributed by atoms with Crippen molar-refractivity contribution in [3.8, 4) is 0 Å². The Balaban J connectivity index is 1.62. The first-order valence-corrected chi connectivity index (χ1v) is 15.6. The standard InChI is InChI=1S/C30H35F3N6O3S/c1-28(2,3)22-15-13-19-26(36-22)39-17-18(16-29(39,4)5)12-14-21(20-8-6-9-23(34-20)30(31,32)33)35-24-10-7-11-25(37-24)43(41,42)38-27(19)40/h6-11,13,15,18,21H,12,14,16-17H2,1-5H3,(H,35,37)(H,38,40)/t18-,21-/m0/s1. The second-order valence-corrected chi connectivity index (χ2v) is 14.5. The number of rotatable bonds is 1. The third-order valence-corrected chi connectivity index (χ3v) is 9.17. The molecule has 0 aromatic carbocycles. The van der Waals surface area contributed by atoms with Crippen LogP contribution in [0.25, 0.3) is 0 Å². The molecule has 0 radical (unpaired) electrons. The summed E-state index contributed by atoms with van der Waals surface area (Å²) in [5, 5.41) is 2.69. The molecule has 0 unspecified atom stereocenters. The predicted octanol–water partition coefficient (Wildman–Crippen LogP) is 5.86. The van der Waals surface area contributed by atoms with Crippen molar-refractivity contribution >= 4 is 27.6 Å². The minimum atomic E-state index is -4.62. The Morgan fingerprint density at radius 2 is 1.65 bits per heavy atom. The number of pyridine rings is 3. The van der Waals surface area contributed by atoms with Crippen LogP contribution in [0.3, 0.4) is 0 Å². The van der Waals surface area contributed by atoms with E-state index in [9.17, 15) is 26.4 Å². The summed E-state index contributed by atoms with van der Waals surface area (Å²) >= 11 is 0. The number of hydrogen-bond donors (Lipinski definition) is 2. The molecule has 43 heavy (non-hydrogen) atoms. The van der Waals surface area contributed by atoms with Gasteiger partial charge in [-0.1, -0.05) is 32.9 Å². The molecular formula is C30H35F3N6O3S. The maximum Gasteiger partial charge on any atom is 0.433 e. The molecule has 2 atom stereocenters. The maximum absolute atomic E-state index is 13.6. The van der Waals surface area contributed by atoms with Crippen LogP contribution in [-0.2, 0) is 21.6 Å². The third kappa shape index (κ3) is 6.46. The van der Waals surface area contributed by atoms with Gasteiger partial charge in [0.25, 0.3) is 15.9 Å². The fraction of sp³-hybridized carbons (Fsp3) is 0.467. The SMILES string of the molecule is CC(C)(C)c1ccc2c(n1)N1C[C@@H](CC[C@@H](c3cccc(C(F)(F)F)n3)Nc3cccc(n3)S(=O)(=O)NC2=O)CC1(C)C. The van der Waals surface area contributed by atoms with Gasteiger partial charge in [-0.05, 0) is 75.4 Å². The number of halogens is 3. The molecule has 13 heteroatoms. The summed E-state index contributed by atoms with van der Waals surface area (Å²) in [5.41, 5.74) is -0.756. The average molecular weight is 617 g/mol. The smallest absolute Gasteiger partial charge is 0.362 e. The number of nitrogens with zero attached hydrogens (tertiary/aromatic N) is 4. The maximum atomic E-state index is 13.6. The molecule has 9 nitrogen and oxygen atoms in total. The number of alkyl halides is 3. The van der Waals surface area contributed by atoms with E-state index in [2.05, 4.69) is 20.0 Å². The van der Waals surface area contributed by atoms with Gasteiger partial charge in [-0.2, -0.15) is 21.6 Å². The zero-order chi connectivity index (χ0) is 31.4. The number of hydrogen-bond acceptors (Lipinski definition) is 8. The number of carbonyl (C=O) groups excluding carboxylic acids is 1. The molecule has 5 heterocycles. The lowest BCUT2D eigenvalue weighted by Gasteiger charge is -2.34. The van der Waals surface area contributed by atoms with E-state index in [-0.39, 0.29) is 28.4 Å². The topological polar surface area (TPSA) is 117 Å². The summed E-state index contributed by atoms with van der Waals surface area (Å²) in [6.45, 7) is 10.6. The molecule has 1 saturated heterocycles. The summed E-state index contributed by atoms with van der Waals surface area (Å²) in [4.78, 5) is 28.6.